The maximum Gasteiger partial charge on any atom is 0.274 e. The number of hydrogen-bond donors (Lipinski definition) is 2. The molecule has 8 nitrogen and oxygen atoms in total. The van der Waals surface area contributed by atoms with E-state index < -0.39 is 23.7 Å². The average Bonchev–Trinajstić information content (AvgIpc) is 3.36. The molecular formula is C23H26FN5O3S. The third kappa shape index (κ3) is 4.45. The SMILES string of the molecule is CC(C)Oc1cc2nc(N3CCNCC3)sc2cc1C(=O)Nc1cccn([C@H]2C[C@H]2F)c1=O. The number of rotatable bonds is 6. The summed E-state index contributed by atoms with van der Waals surface area (Å²) in [6, 6.07) is 6.27. The summed E-state index contributed by atoms with van der Waals surface area (Å²) in [6.07, 6.45) is 0.710. The van der Waals surface area contributed by atoms with Crippen molar-refractivity contribution in [2.75, 3.05) is 36.4 Å². The van der Waals surface area contributed by atoms with E-state index in [1.54, 1.807) is 24.4 Å². The fourth-order valence-corrected chi connectivity index (χ4v) is 5.00. The minimum atomic E-state index is -1.02. The first kappa shape index (κ1) is 21.8. The van der Waals surface area contributed by atoms with Gasteiger partial charge in [-0.15, -0.1) is 0 Å². The zero-order chi connectivity index (χ0) is 23.1. The normalized spacial score (nSPS) is 20.3. The summed E-state index contributed by atoms with van der Waals surface area (Å²) in [5, 5.41) is 6.95. The van der Waals surface area contributed by atoms with Gasteiger partial charge < -0.3 is 24.8 Å². The quantitative estimate of drug-likeness (QED) is 0.574. The lowest BCUT2D eigenvalue weighted by Crippen LogP contribution is -2.43. The lowest BCUT2D eigenvalue weighted by atomic mass is 10.1. The smallest absolute Gasteiger partial charge is 0.274 e. The molecule has 0 bridgehead atoms. The Morgan fingerprint density at radius 3 is 2.79 bits per heavy atom. The molecule has 10 heteroatoms. The van der Waals surface area contributed by atoms with E-state index in [2.05, 4.69) is 15.5 Å². The number of ether oxygens (including phenoxy) is 1. The Bertz CT molecular complexity index is 1250. The molecule has 33 heavy (non-hydrogen) atoms. The number of pyridine rings is 1. The first-order valence-corrected chi connectivity index (χ1v) is 12.0. The number of amides is 1. The Morgan fingerprint density at radius 2 is 2.09 bits per heavy atom. The van der Waals surface area contributed by atoms with Gasteiger partial charge in [-0.05, 0) is 32.0 Å². The first-order valence-electron chi connectivity index (χ1n) is 11.1. The molecule has 5 rings (SSSR count). The van der Waals surface area contributed by atoms with Crippen molar-refractivity contribution in [1.29, 1.82) is 0 Å². The molecule has 1 aromatic carbocycles. The van der Waals surface area contributed by atoms with Gasteiger partial charge in [-0.25, -0.2) is 9.37 Å². The maximum atomic E-state index is 13.5. The largest absolute Gasteiger partial charge is 0.490 e. The summed E-state index contributed by atoms with van der Waals surface area (Å²) >= 11 is 1.53. The summed E-state index contributed by atoms with van der Waals surface area (Å²) in [5.41, 5.74) is 0.798. The molecule has 0 radical (unpaired) electrons. The molecule has 2 N–H and O–H groups in total. The number of hydrogen-bond acceptors (Lipinski definition) is 7. The van der Waals surface area contributed by atoms with Crippen LogP contribution in [0.15, 0.2) is 35.3 Å². The lowest BCUT2D eigenvalue weighted by molar-refractivity contribution is 0.102. The second-order valence-electron chi connectivity index (χ2n) is 8.62. The molecule has 2 aliphatic rings. The van der Waals surface area contributed by atoms with E-state index in [9.17, 15) is 14.0 Å². The topological polar surface area (TPSA) is 88.5 Å². The standard InChI is InChI=1S/C23H26FN5O3S/c1-13(2)32-19-12-17-20(33-23(27-17)28-8-5-25-6-9-28)10-14(19)21(30)26-16-4-3-7-29(22(16)31)18-11-15(18)24/h3-4,7,10,12-13,15,18,25H,5-6,8-9,11H2,1-2H3,(H,26,30)/t15-,18+/m1/s1. The van der Waals surface area contributed by atoms with E-state index >= 15 is 0 Å². The van der Waals surface area contributed by atoms with Gasteiger partial charge in [0.05, 0.1) is 27.9 Å². The highest BCUT2D eigenvalue weighted by Gasteiger charge is 2.40. The second-order valence-corrected chi connectivity index (χ2v) is 9.63. The van der Waals surface area contributed by atoms with E-state index in [1.807, 2.05) is 13.8 Å². The number of thiazole rings is 1. The summed E-state index contributed by atoms with van der Waals surface area (Å²) in [6.45, 7) is 7.34. The number of alkyl halides is 1. The molecule has 174 valence electrons. The number of anilines is 2. The van der Waals surface area contributed by atoms with Crippen molar-refractivity contribution < 1.29 is 13.9 Å². The number of piperazine rings is 1. The van der Waals surface area contributed by atoms with Crippen molar-refractivity contribution in [2.24, 2.45) is 0 Å². The molecular weight excluding hydrogens is 445 g/mol. The van der Waals surface area contributed by atoms with E-state index in [0.717, 1.165) is 41.5 Å². The number of carbonyl (C=O) groups excluding carboxylic acids is 1. The predicted molar refractivity (Wildman–Crippen MR) is 128 cm³/mol. The highest BCUT2D eigenvalue weighted by atomic mass is 32.1. The van der Waals surface area contributed by atoms with Crippen LogP contribution in [-0.4, -0.2) is 53.9 Å². The van der Waals surface area contributed by atoms with Gasteiger partial charge in [-0.2, -0.15) is 0 Å². The van der Waals surface area contributed by atoms with Gasteiger partial charge in [-0.3, -0.25) is 9.59 Å². The molecule has 0 unspecified atom stereocenters. The number of fused-ring (bicyclic) bond motifs is 1. The number of nitrogens with zero attached hydrogens (tertiary/aromatic N) is 3. The Hall–Kier alpha value is -2.98. The van der Waals surface area contributed by atoms with Crippen LogP contribution in [-0.2, 0) is 0 Å². The van der Waals surface area contributed by atoms with Gasteiger partial charge in [0.1, 0.15) is 17.6 Å². The minimum absolute atomic E-state index is 0.114. The van der Waals surface area contributed by atoms with Crippen LogP contribution < -0.4 is 25.8 Å². The molecule has 0 spiro atoms. The monoisotopic (exact) mass is 471 g/mol. The van der Waals surface area contributed by atoms with Gasteiger partial charge >= 0.3 is 0 Å². The molecule has 3 aromatic rings. The third-order valence-corrected chi connectivity index (χ3v) is 6.81. The van der Waals surface area contributed by atoms with Crippen LogP contribution in [0.1, 0.15) is 36.7 Å². The van der Waals surface area contributed by atoms with Gasteiger partial charge in [0.2, 0.25) is 0 Å². The van der Waals surface area contributed by atoms with Crippen LogP contribution in [0.25, 0.3) is 10.2 Å². The van der Waals surface area contributed by atoms with Gasteiger partial charge in [0.25, 0.3) is 11.5 Å². The minimum Gasteiger partial charge on any atom is -0.490 e. The zero-order valence-corrected chi connectivity index (χ0v) is 19.3. The molecule has 2 aromatic heterocycles. The Balaban J connectivity index is 1.48. The molecule has 2 fully saturated rings. The molecule has 3 heterocycles. The zero-order valence-electron chi connectivity index (χ0n) is 18.5. The van der Waals surface area contributed by atoms with Gasteiger partial charge in [0.15, 0.2) is 5.13 Å². The predicted octanol–water partition coefficient (Wildman–Crippen LogP) is 3.19. The molecule has 1 aliphatic heterocycles. The van der Waals surface area contributed by atoms with Crippen LogP contribution in [0.4, 0.5) is 15.2 Å². The molecule has 1 saturated carbocycles. The summed E-state index contributed by atoms with van der Waals surface area (Å²) in [7, 11) is 0. The number of carbonyl (C=O) groups is 1. The van der Waals surface area contributed by atoms with Crippen molar-refractivity contribution in [1.82, 2.24) is 14.9 Å². The highest BCUT2D eigenvalue weighted by molar-refractivity contribution is 7.22. The van der Waals surface area contributed by atoms with E-state index in [4.69, 9.17) is 9.72 Å². The van der Waals surface area contributed by atoms with Gasteiger partial charge in [0, 0.05) is 44.9 Å². The fraction of sp³-hybridized carbons (Fsp3) is 0.435. The molecule has 2 atom stereocenters. The van der Waals surface area contributed by atoms with Crippen molar-refractivity contribution >= 4 is 38.3 Å². The van der Waals surface area contributed by atoms with Crippen molar-refractivity contribution in [2.45, 2.75) is 38.6 Å². The molecule has 1 saturated heterocycles. The average molecular weight is 472 g/mol. The van der Waals surface area contributed by atoms with E-state index in [-0.39, 0.29) is 11.8 Å². The molecule has 1 amide bonds. The summed E-state index contributed by atoms with van der Waals surface area (Å²) in [4.78, 5) is 33.0. The maximum absolute atomic E-state index is 13.5. The van der Waals surface area contributed by atoms with Crippen LogP contribution in [0.5, 0.6) is 5.75 Å². The number of benzene rings is 1. The van der Waals surface area contributed by atoms with Crippen molar-refractivity contribution in [3.05, 3.63) is 46.4 Å². The molecule has 1 aliphatic carbocycles. The Kier molecular flexibility index (Phi) is 5.79. The van der Waals surface area contributed by atoms with Crippen molar-refractivity contribution in [3.8, 4) is 5.75 Å². The Morgan fingerprint density at radius 1 is 1.33 bits per heavy atom. The summed E-state index contributed by atoms with van der Waals surface area (Å²) < 4.78 is 21.6. The highest BCUT2D eigenvalue weighted by Crippen LogP contribution is 2.38. The van der Waals surface area contributed by atoms with E-state index in [0.29, 0.717) is 17.7 Å². The summed E-state index contributed by atoms with van der Waals surface area (Å²) in [5.74, 6) is -0.0402. The fourth-order valence-electron chi connectivity index (χ4n) is 3.96. The lowest BCUT2D eigenvalue weighted by Gasteiger charge is -2.26. The number of nitrogens with one attached hydrogen (secondary N) is 2. The van der Waals surface area contributed by atoms with Crippen LogP contribution in [0.2, 0.25) is 0 Å². The third-order valence-electron chi connectivity index (χ3n) is 5.73. The second kappa shape index (κ2) is 8.75. The van der Waals surface area contributed by atoms with Gasteiger partial charge in [-0.1, -0.05) is 11.3 Å². The van der Waals surface area contributed by atoms with Crippen molar-refractivity contribution in [3.63, 3.8) is 0 Å². The van der Waals surface area contributed by atoms with Crippen LogP contribution in [0.3, 0.4) is 0 Å². The van der Waals surface area contributed by atoms with Crippen LogP contribution >= 0.6 is 11.3 Å². The number of aromatic nitrogens is 2. The van der Waals surface area contributed by atoms with E-state index in [1.165, 1.54) is 22.0 Å². The Labute approximate surface area is 194 Å². The van der Waals surface area contributed by atoms with Crippen LogP contribution in [0, 0.1) is 0 Å². The first-order chi connectivity index (χ1) is 15.9. The number of halogens is 1.